The Morgan fingerprint density at radius 1 is 0.818 bits per heavy atom. The van der Waals surface area contributed by atoms with Crippen LogP contribution in [-0.4, -0.2) is 18.5 Å². The Labute approximate surface area is 139 Å². The van der Waals surface area contributed by atoms with Crippen molar-refractivity contribution in [2.24, 2.45) is 4.74 Å². The van der Waals surface area contributed by atoms with E-state index in [1.54, 1.807) is 0 Å². The van der Waals surface area contributed by atoms with Crippen LogP contribution in [0.15, 0.2) is 28.7 Å². The highest BCUT2D eigenvalue weighted by Crippen LogP contribution is 2.53. The van der Waals surface area contributed by atoms with E-state index in [9.17, 15) is 0 Å². The van der Waals surface area contributed by atoms with Gasteiger partial charge in [-0.1, -0.05) is 71.4 Å². The molecule has 0 aromatic heterocycles. The summed E-state index contributed by atoms with van der Waals surface area (Å²) in [5.41, 5.74) is 1.37. The van der Waals surface area contributed by atoms with Gasteiger partial charge in [-0.05, 0) is 50.9 Å². The molecule has 1 rings (SSSR count). The van der Waals surface area contributed by atoms with E-state index in [1.165, 1.54) is 82.0 Å². The smallest absolute Gasteiger partial charge is 0.0425 e. The SMILES string of the molecule is CCCCCP(CCCCC)(CCCCC)=NC1=CC=CC1. The molecule has 0 heterocycles. The van der Waals surface area contributed by atoms with Crippen molar-refractivity contribution in [2.45, 2.75) is 85.0 Å². The fraction of sp³-hybridized carbons (Fsp3) is 0.800. The first-order valence-electron chi connectivity index (χ1n) is 9.71. The van der Waals surface area contributed by atoms with Crippen molar-refractivity contribution >= 4 is 7.05 Å². The maximum Gasteiger partial charge on any atom is 0.0425 e. The average molecular weight is 324 g/mol. The highest BCUT2D eigenvalue weighted by atomic mass is 31.2. The molecule has 1 nitrogen and oxygen atoms in total. The third-order valence-corrected chi connectivity index (χ3v) is 8.75. The summed E-state index contributed by atoms with van der Waals surface area (Å²) in [7, 11) is -1.12. The van der Waals surface area contributed by atoms with Crippen LogP contribution in [-0.2, 0) is 0 Å². The van der Waals surface area contributed by atoms with E-state index in [0.29, 0.717) is 0 Å². The van der Waals surface area contributed by atoms with Gasteiger partial charge in [-0.3, -0.25) is 4.74 Å². The van der Waals surface area contributed by atoms with Crippen LogP contribution in [0.4, 0.5) is 0 Å². The number of hydrogen-bond acceptors (Lipinski definition) is 1. The van der Waals surface area contributed by atoms with Gasteiger partial charge in [0.2, 0.25) is 0 Å². The zero-order chi connectivity index (χ0) is 16.1. The molecule has 0 bridgehead atoms. The first kappa shape index (κ1) is 19.8. The number of nitrogens with zero attached hydrogens (tertiary/aromatic N) is 1. The fourth-order valence-electron chi connectivity index (χ4n) is 3.24. The third kappa shape index (κ3) is 7.82. The summed E-state index contributed by atoms with van der Waals surface area (Å²) in [4.78, 5) is 0. The fourth-order valence-corrected chi connectivity index (χ4v) is 7.34. The molecular weight excluding hydrogens is 285 g/mol. The van der Waals surface area contributed by atoms with Gasteiger partial charge in [-0.25, -0.2) is 0 Å². The second-order valence-electron chi connectivity index (χ2n) is 6.78. The van der Waals surface area contributed by atoms with Gasteiger partial charge >= 0.3 is 0 Å². The minimum Gasteiger partial charge on any atom is -0.272 e. The van der Waals surface area contributed by atoms with Crippen LogP contribution < -0.4 is 0 Å². The van der Waals surface area contributed by atoms with Crippen molar-refractivity contribution in [1.82, 2.24) is 0 Å². The van der Waals surface area contributed by atoms with Gasteiger partial charge in [-0.15, -0.1) is 0 Å². The van der Waals surface area contributed by atoms with Crippen LogP contribution in [0.2, 0.25) is 0 Å². The van der Waals surface area contributed by atoms with Crippen molar-refractivity contribution in [3.8, 4) is 0 Å². The monoisotopic (exact) mass is 323 g/mol. The standard InChI is InChI=1S/C20H38NP/c1-4-7-12-17-22(18-13-8-5-2,19-14-9-6-3)21-20-15-10-11-16-20/h10-11,15H,4-9,12-14,16-19H2,1-3H3. The first-order valence-corrected chi connectivity index (χ1v) is 12.0. The molecule has 1 aliphatic rings. The molecule has 0 atom stereocenters. The van der Waals surface area contributed by atoms with Crippen LogP contribution in [0, 0.1) is 0 Å². The van der Waals surface area contributed by atoms with Gasteiger partial charge in [0.1, 0.15) is 0 Å². The Kier molecular flexibility index (Phi) is 10.9. The Balaban J connectivity index is 2.82. The van der Waals surface area contributed by atoms with Crippen molar-refractivity contribution < 1.29 is 0 Å². The molecule has 0 N–H and O–H groups in total. The lowest BCUT2D eigenvalue weighted by Gasteiger charge is -2.26. The lowest BCUT2D eigenvalue weighted by Crippen LogP contribution is -2.03. The first-order chi connectivity index (χ1) is 10.8. The molecule has 0 unspecified atom stereocenters. The normalized spacial score (nSPS) is 14.4. The zero-order valence-corrected chi connectivity index (χ0v) is 16.2. The van der Waals surface area contributed by atoms with Crippen molar-refractivity contribution in [3.63, 3.8) is 0 Å². The van der Waals surface area contributed by atoms with E-state index in [1.807, 2.05) is 0 Å². The Hall–Kier alpha value is -0.290. The van der Waals surface area contributed by atoms with E-state index in [-0.39, 0.29) is 0 Å². The van der Waals surface area contributed by atoms with Gasteiger partial charge in [0.15, 0.2) is 0 Å². The van der Waals surface area contributed by atoms with E-state index in [0.717, 1.165) is 6.42 Å². The number of hydrogen-bond donors (Lipinski definition) is 0. The molecular formula is C20H38NP. The molecule has 22 heavy (non-hydrogen) atoms. The van der Waals surface area contributed by atoms with Crippen molar-refractivity contribution in [3.05, 3.63) is 23.9 Å². The summed E-state index contributed by atoms with van der Waals surface area (Å²) in [5, 5.41) is 0. The number of allylic oxidation sites excluding steroid dienone is 3. The molecule has 0 aromatic carbocycles. The summed E-state index contributed by atoms with van der Waals surface area (Å²) in [6.07, 6.45) is 24.3. The minimum atomic E-state index is -1.12. The van der Waals surface area contributed by atoms with Crippen LogP contribution in [0.3, 0.4) is 0 Å². The lowest BCUT2D eigenvalue weighted by atomic mass is 10.3. The van der Waals surface area contributed by atoms with Crippen LogP contribution >= 0.6 is 7.05 Å². The molecule has 0 fully saturated rings. The van der Waals surface area contributed by atoms with Gasteiger partial charge in [0, 0.05) is 12.1 Å². The van der Waals surface area contributed by atoms with Crippen LogP contribution in [0.5, 0.6) is 0 Å². The summed E-state index contributed by atoms with van der Waals surface area (Å²) in [5.74, 6) is 0. The predicted molar refractivity (Wildman–Crippen MR) is 104 cm³/mol. The highest BCUT2D eigenvalue weighted by molar-refractivity contribution is 7.66. The highest BCUT2D eigenvalue weighted by Gasteiger charge is 2.19. The predicted octanol–water partition coefficient (Wildman–Crippen LogP) is 7.60. The van der Waals surface area contributed by atoms with E-state index in [4.69, 9.17) is 4.74 Å². The second-order valence-corrected chi connectivity index (χ2v) is 10.5. The van der Waals surface area contributed by atoms with Gasteiger partial charge in [-0.2, -0.15) is 0 Å². The van der Waals surface area contributed by atoms with E-state index >= 15 is 0 Å². The molecule has 0 aliphatic heterocycles. The van der Waals surface area contributed by atoms with Crippen LogP contribution in [0.1, 0.15) is 85.0 Å². The van der Waals surface area contributed by atoms with Gasteiger partial charge in [0.25, 0.3) is 0 Å². The zero-order valence-electron chi connectivity index (χ0n) is 15.3. The maximum absolute atomic E-state index is 5.43. The molecule has 0 spiro atoms. The Bertz CT molecular complexity index is 359. The molecule has 128 valence electrons. The quantitative estimate of drug-likeness (QED) is 0.244. The largest absolute Gasteiger partial charge is 0.272 e. The molecule has 0 saturated carbocycles. The van der Waals surface area contributed by atoms with Crippen LogP contribution in [0.25, 0.3) is 0 Å². The molecule has 2 heteroatoms. The van der Waals surface area contributed by atoms with Crippen molar-refractivity contribution in [1.29, 1.82) is 0 Å². The summed E-state index contributed by atoms with van der Waals surface area (Å²) < 4.78 is 5.43. The molecule has 0 saturated heterocycles. The summed E-state index contributed by atoms with van der Waals surface area (Å²) in [6, 6.07) is 0. The summed E-state index contributed by atoms with van der Waals surface area (Å²) >= 11 is 0. The topological polar surface area (TPSA) is 12.4 Å². The van der Waals surface area contributed by atoms with E-state index < -0.39 is 7.05 Å². The molecule has 0 radical (unpaired) electrons. The Morgan fingerprint density at radius 3 is 1.68 bits per heavy atom. The van der Waals surface area contributed by atoms with E-state index in [2.05, 4.69) is 39.0 Å². The Morgan fingerprint density at radius 2 is 1.32 bits per heavy atom. The third-order valence-electron chi connectivity index (χ3n) is 4.63. The lowest BCUT2D eigenvalue weighted by molar-refractivity contribution is 0.744. The molecule has 0 aromatic rings. The summed E-state index contributed by atoms with van der Waals surface area (Å²) in [6.45, 7) is 6.94. The number of rotatable bonds is 13. The van der Waals surface area contributed by atoms with Gasteiger partial charge < -0.3 is 0 Å². The van der Waals surface area contributed by atoms with Gasteiger partial charge in [0.05, 0.1) is 0 Å². The number of unbranched alkanes of at least 4 members (excludes halogenated alkanes) is 6. The molecule has 0 amide bonds. The maximum atomic E-state index is 5.43. The minimum absolute atomic E-state index is 1.08. The van der Waals surface area contributed by atoms with Crippen molar-refractivity contribution in [2.75, 3.05) is 18.5 Å². The second kappa shape index (κ2) is 12.2. The average Bonchev–Trinajstić information content (AvgIpc) is 3.01. The molecule has 1 aliphatic carbocycles.